The smallest absolute Gasteiger partial charge is 0.0591 e. The summed E-state index contributed by atoms with van der Waals surface area (Å²) in [6, 6.07) is 0. The van der Waals surface area contributed by atoms with E-state index in [0.717, 1.165) is 44.9 Å². The van der Waals surface area contributed by atoms with Gasteiger partial charge in [0.05, 0.1) is 5.60 Å². The predicted octanol–water partition coefficient (Wildman–Crippen LogP) is 9.80. The largest absolute Gasteiger partial charge is 0.390 e. The lowest BCUT2D eigenvalue weighted by Crippen LogP contribution is -2.17. The van der Waals surface area contributed by atoms with Crippen LogP contribution in [0.5, 0.6) is 0 Å². The monoisotopic (exact) mass is 428 g/mol. The molecule has 0 heterocycles. The van der Waals surface area contributed by atoms with E-state index in [2.05, 4.69) is 71.9 Å². The van der Waals surface area contributed by atoms with Crippen LogP contribution in [-0.4, -0.2) is 10.7 Å². The summed E-state index contributed by atoms with van der Waals surface area (Å²) in [5, 5.41) is 9.79. The van der Waals surface area contributed by atoms with Crippen molar-refractivity contribution >= 4 is 0 Å². The summed E-state index contributed by atoms with van der Waals surface area (Å²) in [6.07, 6.45) is 24.3. The first kappa shape index (κ1) is 29.7. The molecule has 0 aliphatic rings. The van der Waals surface area contributed by atoms with E-state index in [1.807, 2.05) is 13.8 Å². The Morgan fingerprint density at radius 2 is 0.903 bits per heavy atom. The third kappa shape index (κ3) is 21.7. The maximum Gasteiger partial charge on any atom is 0.0591 e. The molecule has 31 heavy (non-hydrogen) atoms. The van der Waals surface area contributed by atoms with Gasteiger partial charge in [-0.15, -0.1) is 0 Å². The van der Waals surface area contributed by atoms with E-state index in [9.17, 15) is 5.11 Å². The van der Waals surface area contributed by atoms with Gasteiger partial charge in [0, 0.05) is 0 Å². The van der Waals surface area contributed by atoms with Crippen molar-refractivity contribution in [3.8, 4) is 0 Å². The van der Waals surface area contributed by atoms with Crippen LogP contribution in [0.4, 0.5) is 0 Å². The second-order valence-corrected chi connectivity index (χ2v) is 10.3. The number of aliphatic hydroxyl groups is 1. The molecule has 1 N–H and O–H groups in total. The zero-order valence-corrected chi connectivity index (χ0v) is 22.1. The number of rotatable bonds is 16. The van der Waals surface area contributed by atoms with Gasteiger partial charge in [-0.3, -0.25) is 0 Å². The molecular formula is C30H52O. The average Bonchev–Trinajstić information content (AvgIpc) is 2.64. The molecule has 0 spiro atoms. The third-order valence-electron chi connectivity index (χ3n) is 5.67. The van der Waals surface area contributed by atoms with Gasteiger partial charge in [0.15, 0.2) is 0 Å². The Hall–Kier alpha value is -1.34. The number of hydrogen-bond acceptors (Lipinski definition) is 1. The van der Waals surface area contributed by atoms with Gasteiger partial charge in [0.1, 0.15) is 0 Å². The fraction of sp³-hybridized carbons (Fsp3) is 0.667. The van der Waals surface area contributed by atoms with E-state index < -0.39 is 5.60 Å². The van der Waals surface area contributed by atoms with Gasteiger partial charge >= 0.3 is 0 Å². The topological polar surface area (TPSA) is 20.2 Å². The minimum atomic E-state index is -0.534. The Morgan fingerprint density at radius 1 is 0.548 bits per heavy atom. The first-order chi connectivity index (χ1) is 14.5. The lowest BCUT2D eigenvalue weighted by molar-refractivity contribution is 0.0689. The third-order valence-corrected chi connectivity index (χ3v) is 5.67. The number of hydrogen-bond donors (Lipinski definition) is 1. The van der Waals surface area contributed by atoms with Gasteiger partial charge in [-0.1, -0.05) is 58.2 Å². The summed E-state index contributed by atoms with van der Waals surface area (Å²) in [7, 11) is 0. The van der Waals surface area contributed by atoms with Crippen molar-refractivity contribution in [2.24, 2.45) is 0 Å². The van der Waals surface area contributed by atoms with E-state index >= 15 is 0 Å². The van der Waals surface area contributed by atoms with Gasteiger partial charge in [-0.2, -0.15) is 0 Å². The normalized spacial score (nSPS) is 14.2. The van der Waals surface area contributed by atoms with Gasteiger partial charge in [-0.05, 0) is 126 Å². The van der Waals surface area contributed by atoms with Crippen LogP contribution < -0.4 is 0 Å². The molecule has 0 bridgehead atoms. The molecule has 0 aromatic rings. The van der Waals surface area contributed by atoms with Gasteiger partial charge in [-0.25, -0.2) is 0 Å². The van der Waals surface area contributed by atoms with Crippen molar-refractivity contribution in [1.82, 2.24) is 0 Å². The number of unbranched alkanes of at least 4 members (excludes halogenated alkanes) is 1. The first-order valence-electron chi connectivity index (χ1n) is 12.5. The van der Waals surface area contributed by atoms with Gasteiger partial charge in [0.25, 0.3) is 0 Å². The van der Waals surface area contributed by atoms with Crippen LogP contribution in [0.2, 0.25) is 0 Å². The predicted molar refractivity (Wildman–Crippen MR) is 142 cm³/mol. The molecule has 1 heteroatoms. The van der Waals surface area contributed by atoms with Crippen LogP contribution in [0.25, 0.3) is 0 Å². The van der Waals surface area contributed by atoms with Crippen LogP contribution in [0.15, 0.2) is 58.2 Å². The van der Waals surface area contributed by atoms with Crippen molar-refractivity contribution in [2.45, 2.75) is 132 Å². The standard InChI is InChI=1S/C30H52O/c1-25(2)15-11-18-28(5)21-12-19-26(3)16-9-10-17-27(4)20-13-22-29(6)23-14-24-30(7,8)31/h15-17,21-22,31H,9-14,18-20,23-24H2,1-8H3/b26-16+,27-17+,28-21+,29-22+. The van der Waals surface area contributed by atoms with Crippen LogP contribution in [0.1, 0.15) is 126 Å². The molecule has 0 atom stereocenters. The maximum absolute atomic E-state index is 9.79. The zero-order chi connectivity index (χ0) is 23.7. The summed E-state index contributed by atoms with van der Waals surface area (Å²) in [5.41, 5.74) is 6.88. The summed E-state index contributed by atoms with van der Waals surface area (Å²) >= 11 is 0. The fourth-order valence-corrected chi connectivity index (χ4v) is 3.55. The highest BCUT2D eigenvalue weighted by Gasteiger charge is 2.11. The minimum absolute atomic E-state index is 0.534. The summed E-state index contributed by atoms with van der Waals surface area (Å²) in [5.74, 6) is 0. The molecule has 0 fully saturated rings. The highest BCUT2D eigenvalue weighted by atomic mass is 16.3. The van der Waals surface area contributed by atoms with E-state index in [1.54, 1.807) is 0 Å². The summed E-state index contributed by atoms with van der Waals surface area (Å²) in [6.45, 7) is 17.1. The lowest BCUT2D eigenvalue weighted by atomic mass is 9.99. The fourth-order valence-electron chi connectivity index (χ4n) is 3.55. The molecule has 0 aromatic carbocycles. The van der Waals surface area contributed by atoms with Crippen molar-refractivity contribution in [2.75, 3.05) is 0 Å². The van der Waals surface area contributed by atoms with E-state index in [-0.39, 0.29) is 0 Å². The molecule has 0 amide bonds. The van der Waals surface area contributed by atoms with Gasteiger partial charge in [0.2, 0.25) is 0 Å². The maximum atomic E-state index is 9.79. The molecule has 0 aliphatic carbocycles. The Morgan fingerprint density at radius 3 is 1.29 bits per heavy atom. The van der Waals surface area contributed by atoms with Crippen molar-refractivity contribution < 1.29 is 5.11 Å². The molecule has 0 unspecified atom stereocenters. The second kappa shape index (κ2) is 17.2. The molecule has 0 radical (unpaired) electrons. The minimum Gasteiger partial charge on any atom is -0.390 e. The molecule has 0 saturated heterocycles. The van der Waals surface area contributed by atoms with Crippen LogP contribution in [-0.2, 0) is 0 Å². The quantitative estimate of drug-likeness (QED) is 0.191. The SMILES string of the molecule is CC(C)=CCC/C(C)=C/CC/C(C)=C/CC/C=C(\C)CC/C=C(\C)CCCC(C)(C)O. The van der Waals surface area contributed by atoms with E-state index in [1.165, 1.54) is 53.5 Å². The molecular weight excluding hydrogens is 376 g/mol. The zero-order valence-electron chi connectivity index (χ0n) is 22.1. The lowest BCUT2D eigenvalue weighted by Gasteiger charge is -2.16. The summed E-state index contributed by atoms with van der Waals surface area (Å²) < 4.78 is 0. The van der Waals surface area contributed by atoms with E-state index in [0.29, 0.717) is 0 Å². The van der Waals surface area contributed by atoms with Crippen LogP contribution >= 0.6 is 0 Å². The first-order valence-corrected chi connectivity index (χ1v) is 12.5. The van der Waals surface area contributed by atoms with Gasteiger partial charge < -0.3 is 5.11 Å². The second-order valence-electron chi connectivity index (χ2n) is 10.3. The van der Waals surface area contributed by atoms with Crippen LogP contribution in [0, 0.1) is 0 Å². The van der Waals surface area contributed by atoms with Crippen LogP contribution in [0.3, 0.4) is 0 Å². The molecule has 0 aliphatic heterocycles. The Kier molecular flexibility index (Phi) is 16.5. The number of allylic oxidation sites excluding steroid dienone is 10. The van der Waals surface area contributed by atoms with Crippen molar-refractivity contribution in [1.29, 1.82) is 0 Å². The highest BCUT2D eigenvalue weighted by molar-refractivity contribution is 5.07. The average molecular weight is 429 g/mol. The Bertz CT molecular complexity index is 628. The molecule has 0 aromatic heterocycles. The Balaban J connectivity index is 4.04. The van der Waals surface area contributed by atoms with Crippen molar-refractivity contribution in [3.63, 3.8) is 0 Å². The van der Waals surface area contributed by atoms with Crippen molar-refractivity contribution in [3.05, 3.63) is 58.2 Å². The highest BCUT2D eigenvalue weighted by Crippen LogP contribution is 2.17. The molecule has 178 valence electrons. The molecule has 0 rings (SSSR count). The summed E-state index contributed by atoms with van der Waals surface area (Å²) in [4.78, 5) is 0. The molecule has 1 nitrogen and oxygen atoms in total. The molecule has 0 saturated carbocycles. The Labute approximate surface area is 195 Å². The van der Waals surface area contributed by atoms with E-state index in [4.69, 9.17) is 0 Å².